The third kappa shape index (κ3) is 2.80. The van der Waals surface area contributed by atoms with E-state index in [1.807, 2.05) is 12.3 Å². The smallest absolute Gasteiger partial charge is 0.339 e. The fourth-order valence-electron chi connectivity index (χ4n) is 1.42. The summed E-state index contributed by atoms with van der Waals surface area (Å²) < 4.78 is 5.75. The van der Waals surface area contributed by atoms with Crippen molar-refractivity contribution in [1.82, 2.24) is 0 Å². The lowest BCUT2D eigenvalue weighted by Gasteiger charge is -2.13. The van der Waals surface area contributed by atoms with Gasteiger partial charge in [0.1, 0.15) is 0 Å². The second-order valence-corrected chi connectivity index (χ2v) is 5.40. The zero-order valence-corrected chi connectivity index (χ0v) is 12.2. The van der Waals surface area contributed by atoms with E-state index in [2.05, 4.69) is 35.8 Å². The quantitative estimate of drug-likeness (QED) is 0.621. The van der Waals surface area contributed by atoms with E-state index >= 15 is 0 Å². The Bertz CT molecular complexity index is 402. The molecule has 16 heavy (non-hydrogen) atoms. The number of thioether (sulfide) groups is 1. The molecule has 0 unspecified atom stereocenters. The van der Waals surface area contributed by atoms with Gasteiger partial charge in [-0.3, -0.25) is 0 Å². The van der Waals surface area contributed by atoms with Crippen LogP contribution in [0.2, 0.25) is 0 Å². The summed E-state index contributed by atoms with van der Waals surface area (Å²) in [6, 6.07) is 3.97. The molecule has 0 N–H and O–H groups in total. The Labute approximate surface area is 109 Å². The third-order valence-electron chi connectivity index (χ3n) is 2.34. The molecule has 2 nitrogen and oxygen atoms in total. The summed E-state index contributed by atoms with van der Waals surface area (Å²) in [5.74, 6) is 0.100. The second-order valence-electron chi connectivity index (χ2n) is 3.73. The molecule has 88 valence electrons. The molecule has 1 aromatic carbocycles. The molecule has 0 fully saturated rings. The van der Waals surface area contributed by atoms with Crippen LogP contribution < -0.4 is 0 Å². The van der Waals surface area contributed by atoms with Crippen molar-refractivity contribution in [2.45, 2.75) is 24.7 Å². The van der Waals surface area contributed by atoms with Crippen molar-refractivity contribution in [2.75, 3.05) is 13.4 Å². The Hall–Kier alpha value is -0.480. The number of rotatable bonds is 3. The number of esters is 1. The van der Waals surface area contributed by atoms with Crippen LogP contribution in [0.5, 0.6) is 0 Å². The number of hydrogen-bond acceptors (Lipinski definition) is 3. The van der Waals surface area contributed by atoms with Crippen molar-refractivity contribution in [2.24, 2.45) is 0 Å². The summed E-state index contributed by atoms with van der Waals surface area (Å²) in [4.78, 5) is 12.6. The zero-order valence-electron chi connectivity index (χ0n) is 9.83. The van der Waals surface area contributed by atoms with E-state index in [-0.39, 0.29) is 5.97 Å². The number of carbonyl (C=O) groups excluding carboxylic acids is 1. The summed E-state index contributed by atoms with van der Waals surface area (Å²) in [5.41, 5.74) is 1.76. The van der Waals surface area contributed by atoms with Gasteiger partial charge in [0, 0.05) is 9.37 Å². The van der Waals surface area contributed by atoms with Crippen LogP contribution in [0.1, 0.15) is 35.7 Å². The minimum atomic E-state index is -0.285. The predicted octanol–water partition coefficient (Wildman–Crippen LogP) is 4.08. The Balaban J connectivity index is 3.36. The first-order valence-corrected chi connectivity index (χ1v) is 6.98. The lowest BCUT2D eigenvalue weighted by Crippen LogP contribution is -2.05. The Morgan fingerprint density at radius 2 is 2.06 bits per heavy atom. The Morgan fingerprint density at radius 3 is 2.50 bits per heavy atom. The number of hydrogen-bond donors (Lipinski definition) is 0. The van der Waals surface area contributed by atoms with Crippen molar-refractivity contribution in [3.05, 3.63) is 27.7 Å². The third-order valence-corrected chi connectivity index (χ3v) is 4.08. The predicted molar refractivity (Wildman–Crippen MR) is 71.4 cm³/mol. The largest absolute Gasteiger partial charge is 0.465 e. The van der Waals surface area contributed by atoms with Crippen molar-refractivity contribution < 1.29 is 9.53 Å². The molecule has 0 aliphatic rings. The standard InChI is InChI=1S/C12H15BrO2S/c1-7(2)8-5-9(12(14)15-3)11(16-4)10(13)6-8/h5-7H,1-4H3. The zero-order chi connectivity index (χ0) is 12.3. The average Bonchev–Trinajstić information content (AvgIpc) is 2.26. The minimum Gasteiger partial charge on any atom is -0.465 e. The summed E-state index contributed by atoms with van der Waals surface area (Å²) in [5, 5.41) is 0. The molecular formula is C12H15BrO2S. The van der Waals surface area contributed by atoms with E-state index in [0.717, 1.165) is 14.9 Å². The maximum atomic E-state index is 11.7. The van der Waals surface area contributed by atoms with Crippen molar-refractivity contribution in [1.29, 1.82) is 0 Å². The van der Waals surface area contributed by atoms with Gasteiger partial charge in [-0.05, 0) is 45.8 Å². The van der Waals surface area contributed by atoms with Gasteiger partial charge in [-0.15, -0.1) is 11.8 Å². The van der Waals surface area contributed by atoms with Crippen LogP contribution in [0.3, 0.4) is 0 Å². The molecule has 0 heterocycles. The monoisotopic (exact) mass is 302 g/mol. The Morgan fingerprint density at radius 1 is 1.44 bits per heavy atom. The summed E-state index contributed by atoms with van der Waals surface area (Å²) in [7, 11) is 1.41. The molecule has 0 aliphatic heterocycles. The molecule has 0 saturated carbocycles. The summed E-state index contributed by atoms with van der Waals surface area (Å²) in [6.45, 7) is 4.20. The molecule has 0 spiro atoms. The molecule has 0 atom stereocenters. The maximum Gasteiger partial charge on any atom is 0.339 e. The average molecular weight is 303 g/mol. The van der Waals surface area contributed by atoms with Crippen LogP contribution in [-0.2, 0) is 4.74 Å². The van der Waals surface area contributed by atoms with Gasteiger partial charge in [-0.25, -0.2) is 4.79 Å². The van der Waals surface area contributed by atoms with Crippen LogP contribution in [0.4, 0.5) is 0 Å². The van der Waals surface area contributed by atoms with Crippen molar-refractivity contribution in [3.8, 4) is 0 Å². The molecule has 0 amide bonds. The highest BCUT2D eigenvalue weighted by atomic mass is 79.9. The molecule has 0 radical (unpaired) electrons. The molecule has 0 aromatic heterocycles. The highest BCUT2D eigenvalue weighted by molar-refractivity contribution is 9.10. The van der Waals surface area contributed by atoms with Gasteiger partial charge in [0.05, 0.1) is 12.7 Å². The first-order chi connectivity index (χ1) is 7.51. The van der Waals surface area contributed by atoms with Crippen LogP contribution in [0.25, 0.3) is 0 Å². The fourth-order valence-corrected chi connectivity index (χ4v) is 3.00. The molecule has 0 saturated heterocycles. The van der Waals surface area contributed by atoms with Crippen molar-refractivity contribution in [3.63, 3.8) is 0 Å². The molecule has 4 heteroatoms. The van der Waals surface area contributed by atoms with Gasteiger partial charge in [0.2, 0.25) is 0 Å². The molecule has 1 rings (SSSR count). The summed E-state index contributed by atoms with van der Waals surface area (Å²) in [6.07, 6.45) is 1.95. The highest BCUT2D eigenvalue weighted by Gasteiger charge is 2.16. The number of halogens is 1. The topological polar surface area (TPSA) is 26.3 Å². The molecule has 1 aromatic rings. The van der Waals surface area contributed by atoms with Crippen LogP contribution in [-0.4, -0.2) is 19.3 Å². The van der Waals surface area contributed by atoms with E-state index in [4.69, 9.17) is 4.74 Å². The maximum absolute atomic E-state index is 11.7. The van der Waals surface area contributed by atoms with Crippen LogP contribution >= 0.6 is 27.7 Å². The minimum absolute atomic E-state index is 0.285. The normalized spacial score (nSPS) is 10.6. The van der Waals surface area contributed by atoms with E-state index in [1.54, 1.807) is 0 Å². The van der Waals surface area contributed by atoms with Crippen LogP contribution in [0.15, 0.2) is 21.5 Å². The second kappa shape index (κ2) is 5.73. The number of methoxy groups -OCH3 is 1. The van der Waals surface area contributed by atoms with Gasteiger partial charge in [-0.1, -0.05) is 13.8 Å². The van der Waals surface area contributed by atoms with Gasteiger partial charge in [0.25, 0.3) is 0 Å². The van der Waals surface area contributed by atoms with Gasteiger partial charge in [0.15, 0.2) is 0 Å². The SMILES string of the molecule is COC(=O)c1cc(C(C)C)cc(Br)c1SC. The lowest BCUT2D eigenvalue weighted by atomic mass is 10.0. The van der Waals surface area contributed by atoms with Crippen LogP contribution in [0, 0.1) is 0 Å². The first kappa shape index (κ1) is 13.6. The number of carbonyl (C=O) groups is 1. The number of ether oxygens (including phenoxy) is 1. The van der Waals surface area contributed by atoms with Gasteiger partial charge in [-0.2, -0.15) is 0 Å². The fraction of sp³-hybridized carbons (Fsp3) is 0.417. The van der Waals surface area contributed by atoms with E-state index < -0.39 is 0 Å². The van der Waals surface area contributed by atoms with Crippen molar-refractivity contribution >= 4 is 33.7 Å². The van der Waals surface area contributed by atoms with Gasteiger partial charge < -0.3 is 4.74 Å². The van der Waals surface area contributed by atoms with E-state index in [0.29, 0.717) is 11.5 Å². The van der Waals surface area contributed by atoms with E-state index in [9.17, 15) is 4.79 Å². The molecular weight excluding hydrogens is 288 g/mol. The van der Waals surface area contributed by atoms with Gasteiger partial charge >= 0.3 is 5.97 Å². The molecule has 0 aliphatic carbocycles. The molecule has 0 bridgehead atoms. The lowest BCUT2D eigenvalue weighted by molar-refractivity contribution is 0.0596. The summed E-state index contributed by atoms with van der Waals surface area (Å²) >= 11 is 5.03. The number of benzene rings is 1. The Kier molecular flexibility index (Phi) is 4.87. The van der Waals surface area contributed by atoms with E-state index in [1.165, 1.54) is 18.9 Å². The highest BCUT2D eigenvalue weighted by Crippen LogP contribution is 2.33. The first-order valence-electron chi connectivity index (χ1n) is 4.97.